The summed E-state index contributed by atoms with van der Waals surface area (Å²) < 4.78 is 0. The number of nitrogens with one attached hydrogen (secondary N) is 2. The van der Waals surface area contributed by atoms with Crippen molar-refractivity contribution >= 4 is 5.91 Å². The van der Waals surface area contributed by atoms with Gasteiger partial charge in [0.25, 0.3) is 0 Å². The molecule has 0 unspecified atom stereocenters. The quantitative estimate of drug-likeness (QED) is 0.644. The summed E-state index contributed by atoms with van der Waals surface area (Å²) in [7, 11) is 0. The van der Waals surface area contributed by atoms with Crippen molar-refractivity contribution in [1.82, 2.24) is 10.6 Å². The first-order valence-corrected chi connectivity index (χ1v) is 7.86. The first-order valence-electron chi connectivity index (χ1n) is 7.86. The summed E-state index contributed by atoms with van der Waals surface area (Å²) in [5, 5.41) is 6.18. The van der Waals surface area contributed by atoms with E-state index in [0.29, 0.717) is 6.54 Å². The lowest BCUT2D eigenvalue weighted by atomic mass is 10.1. The van der Waals surface area contributed by atoms with Crippen molar-refractivity contribution in [1.29, 1.82) is 0 Å². The highest BCUT2D eigenvalue weighted by atomic mass is 16.1. The second-order valence-electron chi connectivity index (χ2n) is 5.72. The summed E-state index contributed by atoms with van der Waals surface area (Å²) in [6, 6.07) is 10.6. The highest BCUT2D eigenvalue weighted by molar-refractivity contribution is 5.77. The first kappa shape index (κ1) is 15.0. The van der Waals surface area contributed by atoms with Gasteiger partial charge in [-0.1, -0.05) is 36.8 Å². The van der Waals surface area contributed by atoms with E-state index >= 15 is 0 Å². The van der Waals surface area contributed by atoms with E-state index in [2.05, 4.69) is 41.0 Å². The Balaban J connectivity index is 1.40. The fourth-order valence-corrected chi connectivity index (χ4v) is 2.28. The van der Waals surface area contributed by atoms with E-state index < -0.39 is 0 Å². The smallest absolute Gasteiger partial charge is 0.233 e. The van der Waals surface area contributed by atoms with Crippen LogP contribution in [0.2, 0.25) is 0 Å². The molecule has 1 aliphatic rings. The molecule has 3 nitrogen and oxygen atoms in total. The van der Waals surface area contributed by atoms with Crippen molar-refractivity contribution in [2.24, 2.45) is 5.92 Å². The Labute approximate surface area is 122 Å². The fourth-order valence-electron chi connectivity index (χ4n) is 2.28. The predicted octanol–water partition coefficient (Wildman–Crippen LogP) is 2.52. The van der Waals surface area contributed by atoms with E-state index in [4.69, 9.17) is 0 Å². The van der Waals surface area contributed by atoms with Crippen LogP contribution in [0.15, 0.2) is 30.3 Å². The minimum absolute atomic E-state index is 0.133. The van der Waals surface area contributed by atoms with Gasteiger partial charge >= 0.3 is 0 Å². The fraction of sp³-hybridized carbons (Fsp3) is 0.588. The summed E-state index contributed by atoms with van der Waals surface area (Å²) in [5.74, 6) is 0.967. The molecule has 0 atom stereocenters. The number of benzene rings is 1. The molecule has 3 heteroatoms. The van der Waals surface area contributed by atoms with Crippen molar-refractivity contribution in [3.05, 3.63) is 35.9 Å². The van der Waals surface area contributed by atoms with Gasteiger partial charge in [-0.2, -0.15) is 0 Å². The van der Waals surface area contributed by atoms with Crippen LogP contribution in [0.5, 0.6) is 0 Å². The second-order valence-corrected chi connectivity index (χ2v) is 5.72. The SMILES string of the molecule is O=C(CNCC1CC1)NCCCCCc1ccccc1. The maximum atomic E-state index is 11.5. The number of amides is 1. The molecular weight excluding hydrogens is 248 g/mol. The number of carbonyl (C=O) groups excluding carboxylic acids is 1. The summed E-state index contributed by atoms with van der Waals surface area (Å²) in [4.78, 5) is 11.5. The Morgan fingerprint density at radius 1 is 1.10 bits per heavy atom. The first-order chi connectivity index (χ1) is 9.84. The Morgan fingerprint density at radius 2 is 1.90 bits per heavy atom. The molecule has 2 N–H and O–H groups in total. The monoisotopic (exact) mass is 274 g/mol. The third-order valence-corrected chi connectivity index (χ3v) is 3.72. The van der Waals surface area contributed by atoms with Crippen molar-refractivity contribution in [2.45, 2.75) is 38.5 Å². The molecule has 1 amide bonds. The summed E-state index contributed by atoms with van der Waals surface area (Å²) >= 11 is 0. The van der Waals surface area contributed by atoms with Crippen LogP contribution in [0.3, 0.4) is 0 Å². The lowest BCUT2D eigenvalue weighted by Gasteiger charge is -2.06. The van der Waals surface area contributed by atoms with Crippen LogP contribution in [0.1, 0.15) is 37.7 Å². The molecule has 1 aliphatic carbocycles. The van der Waals surface area contributed by atoms with Crippen LogP contribution >= 0.6 is 0 Å². The van der Waals surface area contributed by atoms with Gasteiger partial charge in [0.1, 0.15) is 0 Å². The molecule has 0 aliphatic heterocycles. The molecule has 1 fully saturated rings. The third-order valence-electron chi connectivity index (χ3n) is 3.72. The number of rotatable bonds is 10. The lowest BCUT2D eigenvalue weighted by molar-refractivity contribution is -0.120. The standard InChI is InChI=1S/C17H26N2O/c20-17(14-18-13-16-10-11-16)19-12-6-2-5-9-15-7-3-1-4-8-15/h1,3-4,7-8,16,18H,2,5-6,9-14H2,(H,19,20). The van der Waals surface area contributed by atoms with Gasteiger partial charge in [0.05, 0.1) is 6.54 Å². The lowest BCUT2D eigenvalue weighted by Crippen LogP contribution is -2.35. The third kappa shape index (κ3) is 6.71. The highest BCUT2D eigenvalue weighted by Gasteiger charge is 2.20. The Bertz CT molecular complexity index is 387. The van der Waals surface area contributed by atoms with Crippen molar-refractivity contribution in [3.63, 3.8) is 0 Å². The topological polar surface area (TPSA) is 41.1 Å². The van der Waals surface area contributed by atoms with E-state index in [1.807, 2.05) is 0 Å². The van der Waals surface area contributed by atoms with Crippen LogP contribution in [0, 0.1) is 5.92 Å². The molecule has 20 heavy (non-hydrogen) atoms. The molecular formula is C17H26N2O. The maximum absolute atomic E-state index is 11.5. The van der Waals surface area contributed by atoms with Crippen LogP contribution < -0.4 is 10.6 Å². The molecule has 0 bridgehead atoms. The molecule has 0 spiro atoms. The zero-order valence-corrected chi connectivity index (χ0v) is 12.2. The second kappa shape index (κ2) is 8.75. The van der Waals surface area contributed by atoms with Gasteiger partial charge in [-0.3, -0.25) is 4.79 Å². The zero-order chi connectivity index (χ0) is 14.0. The summed E-state index contributed by atoms with van der Waals surface area (Å²) in [6.07, 6.45) is 7.23. The Hall–Kier alpha value is -1.35. The molecule has 1 saturated carbocycles. The number of hydrogen-bond donors (Lipinski definition) is 2. The van der Waals surface area contributed by atoms with Gasteiger partial charge in [-0.25, -0.2) is 0 Å². The van der Waals surface area contributed by atoms with E-state index in [0.717, 1.165) is 31.8 Å². The number of aryl methyl sites for hydroxylation is 1. The van der Waals surface area contributed by atoms with Crippen LogP contribution in [0.25, 0.3) is 0 Å². The minimum atomic E-state index is 0.133. The van der Waals surface area contributed by atoms with Gasteiger partial charge in [0.2, 0.25) is 5.91 Å². The molecule has 0 radical (unpaired) electrons. The van der Waals surface area contributed by atoms with Crippen LogP contribution in [0.4, 0.5) is 0 Å². The Kier molecular flexibility index (Phi) is 6.58. The van der Waals surface area contributed by atoms with Gasteiger partial charge in [-0.15, -0.1) is 0 Å². The largest absolute Gasteiger partial charge is 0.355 e. The zero-order valence-electron chi connectivity index (χ0n) is 12.2. The van der Waals surface area contributed by atoms with Gasteiger partial charge in [-0.05, 0) is 50.1 Å². The molecule has 0 heterocycles. The average molecular weight is 274 g/mol. The summed E-state index contributed by atoms with van der Waals surface area (Å²) in [6.45, 7) is 2.28. The van der Waals surface area contributed by atoms with Crippen LogP contribution in [-0.4, -0.2) is 25.5 Å². The van der Waals surface area contributed by atoms with Gasteiger partial charge in [0.15, 0.2) is 0 Å². The minimum Gasteiger partial charge on any atom is -0.355 e. The molecule has 110 valence electrons. The molecule has 1 aromatic rings. The highest BCUT2D eigenvalue weighted by Crippen LogP contribution is 2.27. The molecule has 0 saturated heterocycles. The van der Waals surface area contributed by atoms with Gasteiger partial charge in [0, 0.05) is 6.54 Å². The number of hydrogen-bond acceptors (Lipinski definition) is 2. The van der Waals surface area contributed by atoms with Crippen molar-refractivity contribution in [2.75, 3.05) is 19.6 Å². The molecule has 1 aromatic carbocycles. The van der Waals surface area contributed by atoms with Crippen molar-refractivity contribution in [3.8, 4) is 0 Å². The van der Waals surface area contributed by atoms with Gasteiger partial charge < -0.3 is 10.6 Å². The average Bonchev–Trinajstić information content (AvgIpc) is 3.28. The van der Waals surface area contributed by atoms with E-state index in [1.165, 1.54) is 31.2 Å². The number of unbranched alkanes of at least 4 members (excludes halogenated alkanes) is 2. The van der Waals surface area contributed by atoms with Crippen molar-refractivity contribution < 1.29 is 4.79 Å². The molecule has 2 rings (SSSR count). The number of carbonyl (C=O) groups is 1. The predicted molar refractivity (Wildman–Crippen MR) is 82.6 cm³/mol. The summed E-state index contributed by atoms with van der Waals surface area (Å²) in [5.41, 5.74) is 1.40. The van der Waals surface area contributed by atoms with E-state index in [9.17, 15) is 4.79 Å². The van der Waals surface area contributed by atoms with Crippen LogP contribution in [-0.2, 0) is 11.2 Å². The molecule has 0 aromatic heterocycles. The van der Waals surface area contributed by atoms with E-state index in [-0.39, 0.29) is 5.91 Å². The van der Waals surface area contributed by atoms with E-state index in [1.54, 1.807) is 0 Å². The maximum Gasteiger partial charge on any atom is 0.233 e. The normalized spacial score (nSPS) is 14.2. The Morgan fingerprint density at radius 3 is 2.65 bits per heavy atom.